The molecule has 3 amide bonds. The number of carboxylic acids is 1. The number of aromatic amines is 1. The molecule has 224 valence electrons. The van der Waals surface area contributed by atoms with Gasteiger partial charge in [-0.1, -0.05) is 50.2 Å². The Morgan fingerprint density at radius 1 is 1.10 bits per heavy atom. The van der Waals surface area contributed by atoms with E-state index in [9.17, 15) is 24.3 Å². The molecule has 0 unspecified atom stereocenters. The summed E-state index contributed by atoms with van der Waals surface area (Å²) in [6.45, 7) is 8.81. The number of hydrogen-bond acceptors (Lipinski definition) is 6. The highest BCUT2D eigenvalue weighted by atomic mass is 16.6. The van der Waals surface area contributed by atoms with Crippen molar-refractivity contribution in [2.45, 2.75) is 84.0 Å². The van der Waals surface area contributed by atoms with Gasteiger partial charge in [-0.3, -0.25) is 14.4 Å². The molecule has 42 heavy (non-hydrogen) atoms. The van der Waals surface area contributed by atoms with Gasteiger partial charge in [0.25, 0.3) is 5.91 Å². The van der Waals surface area contributed by atoms with Gasteiger partial charge in [0.2, 0.25) is 5.91 Å². The van der Waals surface area contributed by atoms with Gasteiger partial charge in [0.05, 0.1) is 18.5 Å². The molecule has 0 saturated carbocycles. The molecule has 1 aromatic heterocycles. The summed E-state index contributed by atoms with van der Waals surface area (Å²) in [4.78, 5) is 59.5. The maximum Gasteiger partial charge on any atom is 0.417 e. The number of nitrogens with one attached hydrogen (secondary N) is 1. The molecule has 0 spiro atoms. The second-order valence-electron chi connectivity index (χ2n) is 12.3. The molecule has 4 rings (SSSR count). The molecule has 0 aliphatic carbocycles. The van der Waals surface area contributed by atoms with Crippen molar-refractivity contribution in [3.8, 4) is 0 Å². The highest BCUT2D eigenvalue weighted by molar-refractivity contribution is 6.06. The van der Waals surface area contributed by atoms with Crippen LogP contribution in [0.4, 0.5) is 10.5 Å². The molecule has 2 heterocycles. The standard InChI is InChI=1S/C32H40N4O6/c1-19(2)14-27(30(40)35-22(17-28(37)38)15-20-10-6-9-13-26(20)35)36(31(41)42-32(3,4)5)29(39)24(33)16-21-18-34-25-12-8-7-11-23(21)25/h6-13,18-19,22,24,27,34H,14-17,33H2,1-5H3,(H,37,38)/t22-,24+,27+/m1/s1. The number of carboxylic acid groups (broad SMARTS) is 1. The number of H-pyrrole nitrogens is 1. The summed E-state index contributed by atoms with van der Waals surface area (Å²) in [5.41, 5.74) is 8.62. The molecule has 1 aliphatic heterocycles. The van der Waals surface area contributed by atoms with E-state index in [0.29, 0.717) is 12.1 Å². The number of rotatable bonds is 9. The number of aliphatic carboxylic acids is 1. The number of carbonyl (C=O) groups is 4. The smallest absolute Gasteiger partial charge is 0.417 e. The Morgan fingerprint density at radius 3 is 2.43 bits per heavy atom. The van der Waals surface area contributed by atoms with Crippen LogP contribution < -0.4 is 10.6 Å². The number of ether oxygens (including phenoxy) is 1. The fourth-order valence-electron chi connectivity index (χ4n) is 5.53. The lowest BCUT2D eigenvalue weighted by Crippen LogP contribution is -2.59. The van der Waals surface area contributed by atoms with Crippen LogP contribution in [0.15, 0.2) is 54.7 Å². The monoisotopic (exact) mass is 576 g/mol. The van der Waals surface area contributed by atoms with Crippen molar-refractivity contribution in [1.82, 2.24) is 9.88 Å². The van der Waals surface area contributed by atoms with Crippen LogP contribution in [-0.4, -0.2) is 62.6 Å². The number of benzene rings is 2. The molecule has 3 atom stereocenters. The number of fused-ring (bicyclic) bond motifs is 2. The second-order valence-corrected chi connectivity index (χ2v) is 12.3. The molecule has 0 radical (unpaired) electrons. The molecule has 3 aromatic rings. The molecule has 0 saturated heterocycles. The quantitative estimate of drug-likeness (QED) is 0.336. The van der Waals surface area contributed by atoms with Crippen molar-refractivity contribution >= 4 is 40.5 Å². The van der Waals surface area contributed by atoms with E-state index < -0.39 is 47.6 Å². The van der Waals surface area contributed by atoms with E-state index in [0.717, 1.165) is 26.9 Å². The zero-order chi connectivity index (χ0) is 30.8. The van der Waals surface area contributed by atoms with Crippen LogP contribution >= 0.6 is 0 Å². The summed E-state index contributed by atoms with van der Waals surface area (Å²) >= 11 is 0. The molecule has 0 fully saturated rings. The Balaban J connectivity index is 1.74. The van der Waals surface area contributed by atoms with Crippen LogP contribution in [-0.2, 0) is 32.0 Å². The summed E-state index contributed by atoms with van der Waals surface area (Å²) in [5.74, 6) is -2.43. The van der Waals surface area contributed by atoms with Crippen molar-refractivity contribution < 1.29 is 29.0 Å². The number of imide groups is 1. The van der Waals surface area contributed by atoms with Crippen LogP contribution in [0.1, 0.15) is 58.6 Å². The summed E-state index contributed by atoms with van der Waals surface area (Å²) < 4.78 is 5.65. The molecular formula is C32H40N4O6. The molecule has 1 aliphatic rings. The second kappa shape index (κ2) is 12.4. The van der Waals surface area contributed by atoms with Gasteiger partial charge in [0.1, 0.15) is 11.6 Å². The average Bonchev–Trinajstić information content (AvgIpc) is 3.47. The van der Waals surface area contributed by atoms with E-state index >= 15 is 0 Å². The number of hydrogen-bond donors (Lipinski definition) is 3. The van der Waals surface area contributed by atoms with Crippen molar-refractivity contribution in [1.29, 1.82) is 0 Å². The number of para-hydroxylation sites is 2. The van der Waals surface area contributed by atoms with Gasteiger partial charge in [-0.15, -0.1) is 0 Å². The Labute approximate surface area is 245 Å². The van der Waals surface area contributed by atoms with Gasteiger partial charge in [-0.25, -0.2) is 9.69 Å². The minimum atomic E-state index is -1.26. The molecule has 10 nitrogen and oxygen atoms in total. The maximum atomic E-state index is 14.5. The lowest BCUT2D eigenvalue weighted by atomic mass is 9.98. The van der Waals surface area contributed by atoms with E-state index in [2.05, 4.69) is 4.98 Å². The van der Waals surface area contributed by atoms with Gasteiger partial charge >= 0.3 is 12.1 Å². The van der Waals surface area contributed by atoms with Gasteiger partial charge in [0, 0.05) is 22.8 Å². The van der Waals surface area contributed by atoms with Crippen LogP contribution in [0, 0.1) is 5.92 Å². The van der Waals surface area contributed by atoms with Gasteiger partial charge in [-0.2, -0.15) is 0 Å². The molecule has 0 bridgehead atoms. The first-order valence-corrected chi connectivity index (χ1v) is 14.3. The lowest BCUT2D eigenvalue weighted by Gasteiger charge is -2.37. The van der Waals surface area contributed by atoms with Crippen LogP contribution in [0.25, 0.3) is 10.9 Å². The van der Waals surface area contributed by atoms with Crippen LogP contribution in [0.3, 0.4) is 0 Å². The number of nitrogens with zero attached hydrogens (tertiary/aromatic N) is 2. The minimum absolute atomic E-state index is 0.0997. The number of aromatic nitrogens is 1. The summed E-state index contributed by atoms with van der Waals surface area (Å²) in [6.07, 6.45) is 1.15. The first-order chi connectivity index (χ1) is 19.8. The van der Waals surface area contributed by atoms with Gasteiger partial charge in [-0.05, 0) is 69.2 Å². The van der Waals surface area contributed by atoms with E-state index in [1.54, 1.807) is 39.1 Å². The Kier molecular flexibility index (Phi) is 9.06. The van der Waals surface area contributed by atoms with E-state index in [-0.39, 0.29) is 25.2 Å². The normalized spacial score (nSPS) is 16.3. The summed E-state index contributed by atoms with van der Waals surface area (Å²) in [7, 11) is 0. The SMILES string of the molecule is CC(C)C[C@@H](C(=O)N1c2ccccc2C[C@@H]1CC(=O)O)N(C(=O)OC(C)(C)C)C(=O)[C@@H](N)Cc1c[nH]c2ccccc12. The number of anilines is 1. The third-order valence-electron chi connectivity index (χ3n) is 7.27. The number of nitrogens with two attached hydrogens (primary N) is 1. The first kappa shape index (κ1) is 30.8. The van der Waals surface area contributed by atoms with Gasteiger partial charge < -0.3 is 25.5 Å². The van der Waals surface area contributed by atoms with E-state index in [4.69, 9.17) is 10.5 Å². The Morgan fingerprint density at radius 2 is 1.76 bits per heavy atom. The van der Waals surface area contributed by atoms with Crippen molar-refractivity contribution in [2.75, 3.05) is 4.90 Å². The zero-order valence-electron chi connectivity index (χ0n) is 24.8. The van der Waals surface area contributed by atoms with E-state index in [1.807, 2.05) is 50.2 Å². The van der Waals surface area contributed by atoms with Crippen LogP contribution in [0.5, 0.6) is 0 Å². The van der Waals surface area contributed by atoms with Crippen molar-refractivity contribution in [3.05, 3.63) is 65.9 Å². The molecule has 2 aromatic carbocycles. The van der Waals surface area contributed by atoms with Crippen LogP contribution in [0.2, 0.25) is 0 Å². The lowest BCUT2D eigenvalue weighted by molar-refractivity contribution is -0.141. The third kappa shape index (κ3) is 6.82. The largest absolute Gasteiger partial charge is 0.481 e. The van der Waals surface area contributed by atoms with Crippen molar-refractivity contribution in [3.63, 3.8) is 0 Å². The molecular weight excluding hydrogens is 536 g/mol. The zero-order valence-corrected chi connectivity index (χ0v) is 24.8. The third-order valence-corrected chi connectivity index (χ3v) is 7.27. The highest BCUT2D eigenvalue weighted by Crippen LogP contribution is 2.35. The fraction of sp³-hybridized carbons (Fsp3) is 0.438. The fourth-order valence-corrected chi connectivity index (χ4v) is 5.53. The summed E-state index contributed by atoms with van der Waals surface area (Å²) in [6, 6.07) is 11.7. The predicted octanol–water partition coefficient (Wildman–Crippen LogP) is 4.65. The topological polar surface area (TPSA) is 146 Å². The molecule has 4 N–H and O–H groups in total. The Bertz CT molecular complexity index is 1470. The predicted molar refractivity (Wildman–Crippen MR) is 160 cm³/mol. The van der Waals surface area contributed by atoms with Crippen molar-refractivity contribution in [2.24, 2.45) is 11.7 Å². The summed E-state index contributed by atoms with van der Waals surface area (Å²) in [5, 5.41) is 10.5. The molecule has 10 heteroatoms. The maximum absolute atomic E-state index is 14.5. The number of amides is 3. The first-order valence-electron chi connectivity index (χ1n) is 14.3. The average molecular weight is 577 g/mol. The minimum Gasteiger partial charge on any atom is -0.481 e. The number of carbonyl (C=O) groups excluding carboxylic acids is 3. The van der Waals surface area contributed by atoms with Gasteiger partial charge in [0.15, 0.2) is 0 Å². The highest BCUT2D eigenvalue weighted by Gasteiger charge is 2.45. The Hall–Kier alpha value is -4.18. The van der Waals surface area contributed by atoms with E-state index in [1.165, 1.54) is 4.90 Å².